The second kappa shape index (κ2) is 10.1. The number of amides is 4. The smallest absolute Gasteiger partial charge is 0.323 e. The summed E-state index contributed by atoms with van der Waals surface area (Å²) in [5.41, 5.74) is 2.55. The number of hydrogen-bond donors (Lipinski definition) is 3. The van der Waals surface area contributed by atoms with Crippen LogP contribution in [0.3, 0.4) is 0 Å². The normalized spacial score (nSPS) is 17.9. The maximum absolute atomic E-state index is 13.2. The van der Waals surface area contributed by atoms with Crippen molar-refractivity contribution >= 4 is 46.5 Å². The zero-order valence-corrected chi connectivity index (χ0v) is 20.9. The van der Waals surface area contributed by atoms with Gasteiger partial charge in [-0.25, -0.2) is 9.59 Å². The van der Waals surface area contributed by atoms with Crippen molar-refractivity contribution in [2.24, 2.45) is 5.92 Å². The lowest BCUT2D eigenvalue weighted by Crippen LogP contribution is -2.50. The van der Waals surface area contributed by atoms with E-state index in [-0.39, 0.29) is 34.9 Å². The Balaban J connectivity index is 1.26. The Morgan fingerprint density at radius 2 is 1.51 bits per heavy atom. The van der Waals surface area contributed by atoms with Crippen LogP contribution in [0.2, 0.25) is 5.02 Å². The number of hydrogen-bond acceptors (Lipinski definition) is 4. The van der Waals surface area contributed by atoms with Crippen LogP contribution in [0.15, 0.2) is 65.5 Å². The van der Waals surface area contributed by atoms with Crippen LogP contribution in [0.1, 0.15) is 35.3 Å². The third-order valence-electron chi connectivity index (χ3n) is 6.78. The van der Waals surface area contributed by atoms with Gasteiger partial charge in [0, 0.05) is 53.2 Å². The van der Waals surface area contributed by atoms with Crippen LogP contribution in [0.25, 0.3) is 0 Å². The van der Waals surface area contributed by atoms with Gasteiger partial charge in [0.1, 0.15) is 5.69 Å². The molecule has 37 heavy (non-hydrogen) atoms. The lowest BCUT2D eigenvalue weighted by atomic mass is 9.83. The largest absolute Gasteiger partial charge is 0.324 e. The molecule has 0 saturated carbocycles. The van der Waals surface area contributed by atoms with Crippen LogP contribution in [-0.2, 0) is 6.54 Å². The quantitative estimate of drug-likeness (QED) is 0.421. The molecule has 3 N–H and O–H groups in total. The fourth-order valence-electron chi connectivity index (χ4n) is 5.02. The van der Waals surface area contributed by atoms with Gasteiger partial charge in [-0.15, -0.1) is 0 Å². The van der Waals surface area contributed by atoms with Crippen LogP contribution >= 0.6 is 11.6 Å². The van der Waals surface area contributed by atoms with Crippen molar-refractivity contribution in [3.8, 4) is 0 Å². The van der Waals surface area contributed by atoms with Gasteiger partial charge >= 0.3 is 12.1 Å². The van der Waals surface area contributed by atoms with E-state index in [1.165, 1.54) is 6.92 Å². The molecule has 10 heteroatoms. The van der Waals surface area contributed by atoms with Crippen molar-refractivity contribution in [1.82, 2.24) is 9.47 Å². The average molecular weight is 520 g/mol. The standard InChI is InChI=1S/C27H26ClN5O4/c1-16(34)18-2-6-22(7-3-18)30-27(37)32-13-17-12-19(15-32)24-11-10-23(25(35)33(24)14-17)31-26(36)29-21-8-4-20(28)5-9-21/h2-11,17,19H,12-15H2,1H3,(H,30,37)(H2,29,31,36)/t17-,19-/m1/s1. The van der Waals surface area contributed by atoms with Crippen molar-refractivity contribution in [3.05, 3.63) is 87.3 Å². The van der Waals surface area contributed by atoms with Gasteiger partial charge in [-0.2, -0.15) is 0 Å². The molecular formula is C27H26ClN5O4. The van der Waals surface area contributed by atoms with E-state index in [4.69, 9.17) is 11.6 Å². The second-order valence-corrected chi connectivity index (χ2v) is 9.88. The molecule has 3 heterocycles. The SMILES string of the molecule is CC(=O)c1ccc(NC(=O)N2C[C@H]3C[C@H](C2)c2ccc(NC(=O)Nc4ccc(Cl)cc4)c(=O)n2C3)cc1. The molecule has 9 nitrogen and oxygen atoms in total. The number of carbonyl (C=O) groups excluding carboxylic acids is 3. The van der Waals surface area contributed by atoms with Crippen LogP contribution in [-0.4, -0.2) is 40.4 Å². The van der Waals surface area contributed by atoms with E-state index in [2.05, 4.69) is 16.0 Å². The van der Waals surface area contributed by atoms with Gasteiger partial charge in [0.15, 0.2) is 5.78 Å². The van der Waals surface area contributed by atoms with Crippen LogP contribution < -0.4 is 21.5 Å². The molecule has 1 aromatic heterocycles. The first-order chi connectivity index (χ1) is 17.8. The molecule has 2 aromatic carbocycles. The number of benzene rings is 2. The van der Waals surface area contributed by atoms with E-state index in [0.29, 0.717) is 41.6 Å². The number of anilines is 3. The molecule has 4 amide bonds. The maximum atomic E-state index is 13.2. The van der Waals surface area contributed by atoms with Crippen LogP contribution in [0.5, 0.6) is 0 Å². The monoisotopic (exact) mass is 519 g/mol. The third-order valence-corrected chi connectivity index (χ3v) is 7.04. The number of nitrogens with one attached hydrogen (secondary N) is 3. The highest BCUT2D eigenvalue weighted by atomic mass is 35.5. The number of Topliss-reactive ketones (excluding diaryl/α,β-unsaturated/α-hetero) is 1. The fraction of sp³-hybridized carbons (Fsp3) is 0.259. The van der Waals surface area contributed by atoms with Gasteiger partial charge in [0.2, 0.25) is 0 Å². The molecule has 1 saturated heterocycles. The summed E-state index contributed by atoms with van der Waals surface area (Å²) < 4.78 is 1.71. The summed E-state index contributed by atoms with van der Waals surface area (Å²) in [5, 5.41) is 8.79. The second-order valence-electron chi connectivity index (χ2n) is 9.44. The number of nitrogens with zero attached hydrogens (tertiary/aromatic N) is 2. The molecule has 5 rings (SSSR count). The molecule has 2 aliphatic heterocycles. The predicted molar refractivity (Wildman–Crippen MR) is 143 cm³/mol. The molecule has 2 atom stereocenters. The van der Waals surface area contributed by atoms with E-state index in [0.717, 1.165) is 12.1 Å². The van der Waals surface area contributed by atoms with Gasteiger partial charge in [-0.05, 0) is 79.9 Å². The van der Waals surface area contributed by atoms with Gasteiger partial charge in [0.25, 0.3) is 5.56 Å². The fourth-order valence-corrected chi connectivity index (χ4v) is 5.14. The minimum absolute atomic E-state index is 0.0167. The summed E-state index contributed by atoms with van der Waals surface area (Å²) in [4.78, 5) is 51.8. The van der Waals surface area contributed by atoms with E-state index in [1.807, 2.05) is 6.07 Å². The third kappa shape index (κ3) is 5.36. The van der Waals surface area contributed by atoms with Crippen LogP contribution in [0.4, 0.5) is 26.7 Å². The number of ketones is 1. The Morgan fingerprint density at radius 3 is 2.22 bits per heavy atom. The summed E-state index contributed by atoms with van der Waals surface area (Å²) in [6.45, 7) is 2.97. The van der Waals surface area contributed by atoms with Crippen molar-refractivity contribution in [3.63, 3.8) is 0 Å². The van der Waals surface area contributed by atoms with E-state index >= 15 is 0 Å². The summed E-state index contributed by atoms with van der Waals surface area (Å²) in [7, 11) is 0. The number of piperidine rings is 1. The molecule has 0 unspecified atom stereocenters. The first kappa shape index (κ1) is 24.6. The van der Waals surface area contributed by atoms with Gasteiger partial charge in [0.05, 0.1) is 0 Å². The molecule has 190 valence electrons. The first-order valence-electron chi connectivity index (χ1n) is 12.0. The number of aromatic nitrogens is 1. The zero-order chi connectivity index (χ0) is 26.1. The predicted octanol–water partition coefficient (Wildman–Crippen LogP) is 5.00. The highest BCUT2D eigenvalue weighted by Gasteiger charge is 2.36. The Kier molecular flexibility index (Phi) is 6.71. The molecule has 0 aliphatic carbocycles. The Labute approximate surface area is 218 Å². The number of pyridine rings is 1. The minimum atomic E-state index is -0.518. The number of urea groups is 2. The molecule has 2 bridgehead atoms. The molecule has 0 radical (unpaired) electrons. The van der Waals surface area contributed by atoms with Crippen molar-refractivity contribution in [2.75, 3.05) is 29.0 Å². The average Bonchev–Trinajstić information content (AvgIpc) is 2.87. The molecule has 3 aromatic rings. The molecule has 0 spiro atoms. The van der Waals surface area contributed by atoms with Crippen molar-refractivity contribution in [2.45, 2.75) is 25.8 Å². The van der Waals surface area contributed by atoms with Crippen molar-refractivity contribution < 1.29 is 14.4 Å². The number of rotatable bonds is 4. The summed E-state index contributed by atoms with van der Waals surface area (Å²) in [6, 6.07) is 16.2. The topological polar surface area (TPSA) is 113 Å². The van der Waals surface area contributed by atoms with E-state index in [9.17, 15) is 19.2 Å². The number of likely N-dealkylation sites (tertiary alicyclic amines) is 1. The van der Waals surface area contributed by atoms with Gasteiger partial charge in [-0.3, -0.25) is 9.59 Å². The van der Waals surface area contributed by atoms with Gasteiger partial charge in [-0.1, -0.05) is 11.6 Å². The number of halogens is 1. The molecule has 2 aliphatic rings. The number of carbonyl (C=O) groups is 3. The number of fused-ring (bicyclic) bond motifs is 4. The Morgan fingerprint density at radius 1 is 0.838 bits per heavy atom. The Hall–Kier alpha value is -4.11. The molecule has 1 fully saturated rings. The van der Waals surface area contributed by atoms with E-state index < -0.39 is 6.03 Å². The minimum Gasteiger partial charge on any atom is -0.324 e. The van der Waals surface area contributed by atoms with Crippen LogP contribution in [0, 0.1) is 5.92 Å². The summed E-state index contributed by atoms with van der Waals surface area (Å²) in [6.07, 6.45) is 0.889. The summed E-state index contributed by atoms with van der Waals surface area (Å²) in [5.74, 6) is 0.104. The van der Waals surface area contributed by atoms with E-state index in [1.54, 1.807) is 64.1 Å². The highest BCUT2D eigenvalue weighted by molar-refractivity contribution is 6.30. The maximum Gasteiger partial charge on any atom is 0.323 e. The summed E-state index contributed by atoms with van der Waals surface area (Å²) >= 11 is 5.88. The van der Waals surface area contributed by atoms with Gasteiger partial charge < -0.3 is 25.4 Å². The lowest BCUT2D eigenvalue weighted by molar-refractivity contribution is 0.101. The first-order valence-corrected chi connectivity index (χ1v) is 12.4. The Bertz CT molecular complexity index is 1420. The lowest BCUT2D eigenvalue weighted by Gasteiger charge is -2.42. The highest BCUT2D eigenvalue weighted by Crippen LogP contribution is 2.35. The zero-order valence-electron chi connectivity index (χ0n) is 20.2. The van der Waals surface area contributed by atoms with Crippen molar-refractivity contribution in [1.29, 1.82) is 0 Å². The molecular weight excluding hydrogens is 494 g/mol.